The van der Waals surface area contributed by atoms with Gasteiger partial charge in [0, 0.05) is 0 Å². The molecule has 0 radical (unpaired) electrons. The number of nitrogens with zero attached hydrogens (tertiary/aromatic N) is 4. The van der Waals surface area contributed by atoms with Crippen molar-refractivity contribution in [2.24, 2.45) is 20.8 Å². The Morgan fingerprint density at radius 2 is 1.37 bits per heavy atom. The molecule has 2 aliphatic rings. The minimum absolute atomic E-state index is 0.0238. The van der Waals surface area contributed by atoms with Crippen molar-refractivity contribution in [1.29, 1.82) is 0 Å². The molecule has 2 aliphatic heterocycles. The second kappa shape index (κ2) is 6.85. The Hall–Kier alpha value is -0.377. The Balaban J connectivity index is 2.95. The number of hydrogen-bond acceptors (Lipinski definition) is 4. The van der Waals surface area contributed by atoms with Crippen LogP contribution in [0.1, 0.15) is 55.4 Å². The average molecular weight is 452 g/mol. The summed E-state index contributed by atoms with van der Waals surface area (Å²) in [6, 6.07) is 0. The van der Waals surface area contributed by atoms with E-state index in [1.165, 1.54) is 5.71 Å². The van der Waals surface area contributed by atoms with Gasteiger partial charge in [0.2, 0.25) is 0 Å². The van der Waals surface area contributed by atoms with Crippen molar-refractivity contribution < 1.29 is 20.8 Å². The molecule has 0 aromatic rings. The van der Waals surface area contributed by atoms with Gasteiger partial charge in [-0.25, -0.2) is 0 Å². The molecule has 0 aliphatic carbocycles. The summed E-state index contributed by atoms with van der Waals surface area (Å²) < 4.78 is 4.59. The molecule has 2 unspecified atom stereocenters. The van der Waals surface area contributed by atoms with Crippen LogP contribution in [0.15, 0.2) is 34.3 Å². The molecular weight excluding hydrogens is 411 g/mol. The first kappa shape index (κ1) is 22.9. The summed E-state index contributed by atoms with van der Waals surface area (Å²) >= 11 is -3.59. The Labute approximate surface area is 172 Å². The van der Waals surface area contributed by atoms with Gasteiger partial charge in [0.05, 0.1) is 0 Å². The van der Waals surface area contributed by atoms with Gasteiger partial charge in [0.25, 0.3) is 0 Å². The van der Waals surface area contributed by atoms with E-state index in [4.69, 9.17) is 9.98 Å². The van der Waals surface area contributed by atoms with Crippen LogP contribution in [0.5, 0.6) is 0 Å². The van der Waals surface area contributed by atoms with Gasteiger partial charge < -0.3 is 0 Å². The van der Waals surface area contributed by atoms with E-state index in [9.17, 15) is 0 Å². The first-order valence-corrected chi connectivity index (χ1v) is 14.6. The zero-order valence-electron chi connectivity index (χ0n) is 19.6. The van der Waals surface area contributed by atoms with E-state index in [-0.39, 0.29) is 17.3 Å². The van der Waals surface area contributed by atoms with Crippen molar-refractivity contribution in [3.8, 4) is 0 Å². The average Bonchev–Trinajstić information content (AvgIpc) is 3.03. The van der Waals surface area contributed by atoms with Crippen molar-refractivity contribution in [3.63, 3.8) is 0 Å². The summed E-state index contributed by atoms with van der Waals surface area (Å²) in [5.41, 5.74) is 2.33. The topological polar surface area (TPSA) is 31.2 Å². The fourth-order valence-electron chi connectivity index (χ4n) is 5.31. The van der Waals surface area contributed by atoms with Gasteiger partial charge in [0.15, 0.2) is 0 Å². The third-order valence-corrected chi connectivity index (χ3v) is 21.9. The molecule has 2 heterocycles. The number of aliphatic imine (C=N–C) groups is 2. The summed E-state index contributed by atoms with van der Waals surface area (Å²) in [5.74, 6) is 0. The van der Waals surface area contributed by atoms with E-state index in [0.29, 0.717) is 0 Å². The van der Waals surface area contributed by atoms with Crippen LogP contribution in [0.2, 0.25) is 0 Å². The SMILES string of the molecule is CC1=N[C](C)([Zr]([N](C)C)([N](C)C)[C]2(C(C)(C)C)C=CC(C(C)(C)C)=N2)C=C1. The van der Waals surface area contributed by atoms with Gasteiger partial charge in [-0.15, -0.1) is 0 Å². The fraction of sp³-hybridized carbons (Fsp3) is 0.727. The standard InChI is InChI=1S/C12H20N.C6H8N.2C2H6N.Zr/c1-11(2,3)9-7-8-10(13-9)12(4,5)6;1-5-3-4-6(2)7-5;2*1-3-2;/h7-8H,1-6H3;3-4H,1-2H3;2*1-2H3;/q;;2*-1;+2. The molecule has 5 heteroatoms. The van der Waals surface area contributed by atoms with E-state index < -0.39 is 20.8 Å². The molecule has 27 heavy (non-hydrogen) atoms. The van der Waals surface area contributed by atoms with Crippen molar-refractivity contribution in [1.82, 2.24) is 5.69 Å². The van der Waals surface area contributed by atoms with Gasteiger partial charge in [-0.2, -0.15) is 0 Å². The zero-order valence-corrected chi connectivity index (χ0v) is 22.1. The third-order valence-electron chi connectivity index (χ3n) is 6.28. The summed E-state index contributed by atoms with van der Waals surface area (Å²) in [6.45, 7) is 18.3. The summed E-state index contributed by atoms with van der Waals surface area (Å²) in [6.07, 6.45) is 9.28. The number of allylic oxidation sites excluding steroid dienone is 2. The van der Waals surface area contributed by atoms with Crippen LogP contribution in [0.4, 0.5) is 0 Å². The molecule has 0 fully saturated rings. The molecule has 0 spiro atoms. The van der Waals surface area contributed by atoms with Crippen molar-refractivity contribution in [2.45, 2.75) is 61.9 Å². The molecule has 0 aromatic carbocycles. The first-order valence-electron chi connectivity index (χ1n) is 9.95. The molecule has 0 saturated carbocycles. The Bertz CT molecular complexity index is 708. The van der Waals surface area contributed by atoms with Crippen molar-refractivity contribution in [2.75, 3.05) is 28.2 Å². The second-order valence-electron chi connectivity index (χ2n) is 10.8. The summed E-state index contributed by atoms with van der Waals surface area (Å²) in [7, 11) is 9.02. The molecule has 0 aromatic heterocycles. The number of rotatable bonds is 4. The van der Waals surface area contributed by atoms with Gasteiger partial charge >= 0.3 is 173 Å². The Kier molecular flexibility index (Phi) is 5.81. The minimum atomic E-state index is -3.59. The van der Waals surface area contributed by atoms with Crippen LogP contribution in [-0.4, -0.2) is 51.8 Å². The van der Waals surface area contributed by atoms with Crippen molar-refractivity contribution >= 4 is 11.4 Å². The quantitative estimate of drug-likeness (QED) is 0.623. The number of hydrogen-bond donors (Lipinski definition) is 0. The third kappa shape index (κ3) is 3.22. The predicted octanol–water partition coefficient (Wildman–Crippen LogP) is 4.64. The van der Waals surface area contributed by atoms with Crippen LogP contribution in [0.3, 0.4) is 0 Å². The van der Waals surface area contributed by atoms with Crippen LogP contribution >= 0.6 is 0 Å². The second-order valence-corrected chi connectivity index (χ2v) is 22.9. The maximum atomic E-state index is 5.60. The molecule has 4 nitrogen and oxygen atoms in total. The molecule has 0 bridgehead atoms. The van der Waals surface area contributed by atoms with E-state index in [2.05, 4.69) is 114 Å². The van der Waals surface area contributed by atoms with Crippen LogP contribution in [-0.2, 0) is 20.8 Å². The van der Waals surface area contributed by atoms with E-state index in [1.807, 2.05) is 0 Å². The van der Waals surface area contributed by atoms with E-state index >= 15 is 0 Å². The van der Waals surface area contributed by atoms with Gasteiger partial charge in [-0.05, 0) is 0 Å². The normalized spacial score (nSPS) is 29.1. The van der Waals surface area contributed by atoms with Gasteiger partial charge in [-0.3, -0.25) is 0 Å². The molecule has 0 amide bonds. The molecule has 0 N–H and O–H groups in total. The van der Waals surface area contributed by atoms with Crippen LogP contribution < -0.4 is 0 Å². The van der Waals surface area contributed by atoms with Crippen molar-refractivity contribution in [3.05, 3.63) is 24.3 Å². The van der Waals surface area contributed by atoms with Crippen LogP contribution in [0, 0.1) is 10.8 Å². The maximum absolute atomic E-state index is 5.60. The Morgan fingerprint density at radius 1 is 0.852 bits per heavy atom. The van der Waals surface area contributed by atoms with Gasteiger partial charge in [-0.1, -0.05) is 0 Å². The monoisotopic (exact) mass is 450 g/mol. The Morgan fingerprint density at radius 3 is 1.67 bits per heavy atom. The van der Waals surface area contributed by atoms with E-state index in [1.54, 1.807) is 0 Å². The molecular formula is C22H40N4Zr. The first-order chi connectivity index (χ1) is 12.0. The molecule has 0 saturated heterocycles. The zero-order chi connectivity index (χ0) is 21.1. The molecule has 2 atom stereocenters. The van der Waals surface area contributed by atoms with Gasteiger partial charge in [0.1, 0.15) is 0 Å². The fourth-order valence-corrected chi connectivity index (χ4v) is 22.6. The predicted molar refractivity (Wildman–Crippen MR) is 116 cm³/mol. The molecule has 152 valence electrons. The van der Waals surface area contributed by atoms with E-state index in [0.717, 1.165) is 5.71 Å². The van der Waals surface area contributed by atoms with Crippen LogP contribution in [0.25, 0.3) is 0 Å². The summed E-state index contributed by atoms with van der Waals surface area (Å²) in [4.78, 5) is 10.8. The molecule has 2 rings (SSSR count). The summed E-state index contributed by atoms with van der Waals surface area (Å²) in [5, 5.41) is 0.